The monoisotopic (exact) mass is 613 g/mol. The largest absolute Gasteiger partial charge is 0.393 e. The molecule has 0 saturated carbocycles. The van der Waals surface area contributed by atoms with E-state index >= 15 is 0 Å². The average Bonchev–Trinajstić information content (AvgIpc) is 3.41. The number of nitrogen functional groups attached to an aromatic ring is 1. The van der Waals surface area contributed by atoms with Gasteiger partial charge in [0.05, 0.1) is 12.9 Å². The van der Waals surface area contributed by atoms with Crippen molar-refractivity contribution < 1.29 is 19.6 Å². The predicted octanol–water partition coefficient (Wildman–Crippen LogP) is 4.27. The first-order chi connectivity index (χ1) is 17.7. The Morgan fingerprint density at radius 2 is 1.50 bits per heavy atom. The van der Waals surface area contributed by atoms with Crippen LogP contribution in [-0.4, -0.2) is 80.5 Å². The minimum Gasteiger partial charge on any atom is -0.393 e. The number of aromatic nitrogens is 4. The van der Waals surface area contributed by atoms with Crippen LogP contribution in [0.5, 0.6) is 0 Å². The second-order valence-electron chi connectivity index (χ2n) is 9.83. The van der Waals surface area contributed by atoms with Crippen LogP contribution in [0.25, 0.3) is 11.2 Å². The van der Waals surface area contributed by atoms with Crippen LogP contribution >= 0.6 is 0 Å². The molecule has 4 unspecified atom stereocenters. The Kier molecular flexibility index (Phi) is 13.7. The molecule has 9 nitrogen and oxygen atoms in total. The standard InChI is InChI=1S/C10H13N5O4.2C8H17.Sn/c11-8-5-9(13-2-12-8)15(3-14-5)10-7-6(18-19-7)4(1-16)17-10;2*1-3-5-7-8-6-4-2;/h2-4,6-7,10,16,18-19H,1H2,(H2,11,12,13);2*1,3-8H2,2H3;/q+2;;;. The van der Waals surface area contributed by atoms with E-state index < -0.39 is 0 Å². The van der Waals surface area contributed by atoms with Crippen LogP contribution < -0.4 is 5.73 Å². The molecule has 2 fully saturated rings. The molecular formula is C26H47N5O4Sn+2. The van der Waals surface area contributed by atoms with Crippen LogP contribution in [0.15, 0.2) is 12.7 Å². The van der Waals surface area contributed by atoms with E-state index in [1.54, 1.807) is 32.6 Å². The summed E-state index contributed by atoms with van der Waals surface area (Å²) in [5.41, 5.74) is 6.88. The predicted molar refractivity (Wildman–Crippen MR) is 145 cm³/mol. The number of nitrogens with two attached hydrogens (primary N) is 1. The van der Waals surface area contributed by atoms with Crippen molar-refractivity contribution in [3.05, 3.63) is 12.7 Å². The molecule has 0 bridgehead atoms. The van der Waals surface area contributed by atoms with Crippen molar-refractivity contribution in [1.29, 1.82) is 0 Å². The summed E-state index contributed by atoms with van der Waals surface area (Å²) < 4.78 is 10.9. The zero-order valence-electron chi connectivity index (χ0n) is 22.2. The van der Waals surface area contributed by atoms with Crippen LogP contribution in [0, 0.1) is 0 Å². The second-order valence-corrected chi connectivity index (χ2v) is 14.1. The third-order valence-electron chi connectivity index (χ3n) is 6.93. The van der Waals surface area contributed by atoms with Gasteiger partial charge in [0.15, 0.2) is 17.6 Å². The molecule has 2 radical (unpaired) electrons. The summed E-state index contributed by atoms with van der Waals surface area (Å²) >= 11 is 0.0736. The molecule has 0 amide bonds. The van der Waals surface area contributed by atoms with Crippen LogP contribution in [0.4, 0.5) is 5.82 Å². The van der Waals surface area contributed by atoms with Crippen molar-refractivity contribution in [3.63, 3.8) is 0 Å². The summed E-state index contributed by atoms with van der Waals surface area (Å²) in [6, 6.07) is 0. The molecule has 202 valence electrons. The Bertz CT molecular complexity index is 854. The minimum atomic E-state index is -0.362. The number of aliphatic hydroxyl groups excluding tert-OH is 1. The molecular weight excluding hydrogens is 565 g/mol. The third kappa shape index (κ3) is 8.51. The summed E-state index contributed by atoms with van der Waals surface area (Å²) in [5.74, 6) is 0.326. The summed E-state index contributed by atoms with van der Waals surface area (Å²) in [7, 11) is 0. The molecule has 2 aromatic heterocycles. The molecule has 5 N–H and O–H groups in total. The van der Waals surface area contributed by atoms with E-state index in [0.29, 0.717) is 17.0 Å². The second kappa shape index (κ2) is 16.8. The van der Waals surface area contributed by atoms with E-state index in [0.717, 1.165) is 0 Å². The molecule has 2 aliphatic heterocycles. The normalized spacial score (nSPS) is 22.8. The fraction of sp³-hybridized carbons (Fsp3) is 0.808. The van der Waals surface area contributed by atoms with E-state index in [-0.39, 0.29) is 52.3 Å². The Morgan fingerprint density at radius 1 is 0.889 bits per heavy atom. The van der Waals surface area contributed by atoms with Gasteiger partial charge in [-0.15, -0.1) is 9.78 Å². The number of hydrogen-bond acceptors (Lipinski definition) is 6. The van der Waals surface area contributed by atoms with Crippen molar-refractivity contribution in [2.45, 2.75) is 124 Å². The van der Waals surface area contributed by atoms with Gasteiger partial charge in [-0.3, -0.25) is 4.57 Å². The van der Waals surface area contributed by atoms with Crippen LogP contribution in [0.1, 0.15) is 97.1 Å². The molecule has 2 saturated heterocycles. The Hall–Kier alpha value is -1.01. The summed E-state index contributed by atoms with van der Waals surface area (Å²) in [6.07, 6.45) is 19.9. The SMILES string of the molecule is CCCCCCC[CH2][Sn][CH2]CCCCCCC.Nc1ncnc2c1ncn2C1OC(CO)C2[OH+][OH+]C21. The molecule has 4 rings (SSSR count). The maximum absolute atomic E-state index is 9.26. The molecule has 2 aromatic rings. The van der Waals surface area contributed by atoms with Gasteiger partial charge in [0.1, 0.15) is 11.8 Å². The first-order valence-corrected chi connectivity index (χ1v) is 18.0. The summed E-state index contributed by atoms with van der Waals surface area (Å²) in [6.45, 7) is 4.52. The van der Waals surface area contributed by atoms with Crippen molar-refractivity contribution >= 4 is 38.1 Å². The van der Waals surface area contributed by atoms with Crippen molar-refractivity contribution in [3.8, 4) is 0 Å². The number of anilines is 1. The van der Waals surface area contributed by atoms with Gasteiger partial charge in [0.2, 0.25) is 6.23 Å². The zero-order chi connectivity index (χ0) is 25.6. The first-order valence-electron chi connectivity index (χ1n) is 14.0. The van der Waals surface area contributed by atoms with Gasteiger partial charge in [-0.2, -0.15) is 0 Å². The number of ether oxygens (including phenoxy) is 1. The first kappa shape index (κ1) is 29.5. The number of nitrogens with zero attached hydrogens (tertiary/aromatic N) is 4. The molecule has 10 heteroatoms. The number of hydrogen-bond donors (Lipinski definition) is 2. The van der Waals surface area contributed by atoms with Gasteiger partial charge < -0.3 is 15.6 Å². The van der Waals surface area contributed by atoms with E-state index in [4.69, 9.17) is 10.5 Å². The van der Waals surface area contributed by atoms with Crippen LogP contribution in [0.2, 0.25) is 8.87 Å². The van der Waals surface area contributed by atoms with Gasteiger partial charge >= 0.3 is 133 Å². The third-order valence-corrected chi connectivity index (χ3v) is 11.0. The summed E-state index contributed by atoms with van der Waals surface area (Å²) in [4.78, 5) is 20.3. The minimum absolute atomic E-state index is 0.0736. The Morgan fingerprint density at radius 3 is 2.06 bits per heavy atom. The Balaban J connectivity index is 0.000000203. The Labute approximate surface area is 226 Å². The number of fused-ring (bicyclic) bond motifs is 2. The molecule has 2 aliphatic rings. The number of unbranched alkanes of at least 4 members (excludes halogenated alkanes) is 10. The van der Waals surface area contributed by atoms with Gasteiger partial charge in [0, 0.05) is 0 Å². The quantitative estimate of drug-likeness (QED) is 0.126. The molecule has 0 spiro atoms. The number of imidazole rings is 1. The fourth-order valence-corrected chi connectivity index (χ4v) is 8.27. The average molecular weight is 612 g/mol. The van der Waals surface area contributed by atoms with E-state index in [1.165, 1.54) is 70.5 Å². The zero-order valence-corrected chi connectivity index (χ0v) is 25.0. The van der Waals surface area contributed by atoms with Crippen LogP contribution in [0.3, 0.4) is 0 Å². The topological polar surface area (TPSA) is 125 Å². The van der Waals surface area contributed by atoms with Crippen LogP contribution in [-0.2, 0) is 4.74 Å². The van der Waals surface area contributed by atoms with Gasteiger partial charge in [-0.05, 0) is 0 Å². The molecule has 4 heterocycles. The van der Waals surface area contributed by atoms with Gasteiger partial charge in [-0.25, -0.2) is 15.0 Å². The van der Waals surface area contributed by atoms with Crippen molar-refractivity contribution in [2.75, 3.05) is 12.3 Å². The summed E-state index contributed by atoms with van der Waals surface area (Å²) in [5, 5.41) is 9.26. The van der Waals surface area contributed by atoms with Gasteiger partial charge in [0.25, 0.3) is 0 Å². The maximum Gasteiger partial charge on any atom is 0.349 e. The number of rotatable bonds is 16. The molecule has 0 aliphatic carbocycles. The maximum atomic E-state index is 9.26. The number of aliphatic hydroxyl groups is 3. The van der Waals surface area contributed by atoms with Gasteiger partial charge in [-0.1, -0.05) is 0 Å². The molecule has 4 atom stereocenters. The fourth-order valence-electron chi connectivity index (χ4n) is 4.70. The van der Waals surface area contributed by atoms with Crippen molar-refractivity contribution in [2.24, 2.45) is 0 Å². The van der Waals surface area contributed by atoms with E-state index in [9.17, 15) is 5.11 Å². The van der Waals surface area contributed by atoms with Crippen molar-refractivity contribution in [1.82, 2.24) is 19.5 Å². The molecule has 0 aromatic carbocycles. The van der Waals surface area contributed by atoms with E-state index in [2.05, 4.69) is 38.6 Å². The smallest absolute Gasteiger partial charge is 0.349 e. The van der Waals surface area contributed by atoms with E-state index in [1.807, 2.05) is 0 Å². The molecule has 36 heavy (non-hydrogen) atoms.